The third kappa shape index (κ3) is 3.51. The zero-order valence-electron chi connectivity index (χ0n) is 13.8. The summed E-state index contributed by atoms with van der Waals surface area (Å²) >= 11 is 5.85. The van der Waals surface area contributed by atoms with Crippen LogP contribution in [0.2, 0.25) is 5.15 Å². The van der Waals surface area contributed by atoms with E-state index in [0.29, 0.717) is 18.0 Å². The number of halogens is 1. The molecule has 2 heterocycles. The number of carbonyl (C=O) groups excluding carboxylic acids is 1. The summed E-state index contributed by atoms with van der Waals surface area (Å²) in [6, 6.07) is 7.70. The average Bonchev–Trinajstić information content (AvgIpc) is 2.61. The van der Waals surface area contributed by atoms with Gasteiger partial charge in [0, 0.05) is 19.0 Å². The van der Waals surface area contributed by atoms with E-state index in [4.69, 9.17) is 16.3 Å². The maximum atomic E-state index is 12.7. The second kappa shape index (κ2) is 7.18. The fourth-order valence-electron chi connectivity index (χ4n) is 3.29. The molecule has 1 aromatic carbocycles. The Morgan fingerprint density at radius 3 is 2.92 bits per heavy atom. The standard InChI is InChI=1S/C18H20ClN3O2/c1-12-8-15(24-2)5-6-16(12)13-4-3-7-22(11-13)18(23)14-9-17(19)21-20-10-14/h5-6,8-10,13H,3-4,7,11H2,1-2H3. The van der Waals surface area contributed by atoms with Crippen LogP contribution in [0.3, 0.4) is 0 Å². The van der Waals surface area contributed by atoms with Gasteiger partial charge in [0.05, 0.1) is 18.9 Å². The first-order valence-corrected chi connectivity index (χ1v) is 8.38. The molecule has 0 bridgehead atoms. The second-order valence-corrected chi connectivity index (χ2v) is 6.47. The van der Waals surface area contributed by atoms with Gasteiger partial charge in [-0.25, -0.2) is 0 Å². The third-order valence-corrected chi connectivity index (χ3v) is 4.68. The summed E-state index contributed by atoms with van der Waals surface area (Å²) in [7, 11) is 1.67. The Hall–Kier alpha value is -2.14. The first kappa shape index (κ1) is 16.7. The van der Waals surface area contributed by atoms with Gasteiger partial charge in [0.2, 0.25) is 0 Å². The van der Waals surface area contributed by atoms with Crippen LogP contribution in [0.15, 0.2) is 30.5 Å². The van der Waals surface area contributed by atoms with Crippen molar-refractivity contribution in [2.45, 2.75) is 25.7 Å². The summed E-state index contributed by atoms with van der Waals surface area (Å²) in [6.45, 7) is 3.54. The molecule has 0 saturated carbocycles. The number of benzene rings is 1. The first-order chi connectivity index (χ1) is 11.6. The molecule has 0 aliphatic carbocycles. The van der Waals surface area contributed by atoms with Crippen LogP contribution in [-0.2, 0) is 0 Å². The van der Waals surface area contributed by atoms with Crippen LogP contribution in [0.25, 0.3) is 0 Å². The molecule has 1 aromatic heterocycles. The van der Waals surface area contributed by atoms with Crippen molar-refractivity contribution < 1.29 is 9.53 Å². The highest BCUT2D eigenvalue weighted by atomic mass is 35.5. The number of amides is 1. The summed E-state index contributed by atoms with van der Waals surface area (Å²) in [5.74, 6) is 1.15. The number of ether oxygens (including phenoxy) is 1. The normalized spacial score (nSPS) is 17.6. The van der Waals surface area contributed by atoms with Crippen LogP contribution >= 0.6 is 11.6 Å². The van der Waals surface area contributed by atoms with E-state index in [-0.39, 0.29) is 11.1 Å². The highest BCUT2D eigenvalue weighted by Gasteiger charge is 2.26. The smallest absolute Gasteiger partial charge is 0.255 e. The zero-order chi connectivity index (χ0) is 17.1. The predicted molar refractivity (Wildman–Crippen MR) is 92.7 cm³/mol. The Bertz CT molecular complexity index is 751. The Morgan fingerprint density at radius 1 is 1.38 bits per heavy atom. The predicted octanol–water partition coefficient (Wildman–Crippen LogP) is 3.47. The minimum absolute atomic E-state index is 0.0392. The maximum Gasteiger partial charge on any atom is 0.255 e. The van der Waals surface area contributed by atoms with Gasteiger partial charge in [-0.2, -0.15) is 5.10 Å². The van der Waals surface area contributed by atoms with Gasteiger partial charge >= 0.3 is 0 Å². The molecule has 1 amide bonds. The molecule has 2 aromatic rings. The number of piperidine rings is 1. The fourth-order valence-corrected chi connectivity index (χ4v) is 3.45. The lowest BCUT2D eigenvalue weighted by Crippen LogP contribution is -2.39. The molecule has 3 rings (SSSR count). The van der Waals surface area contributed by atoms with Crippen LogP contribution in [0.1, 0.15) is 40.2 Å². The molecular formula is C18H20ClN3O2. The molecule has 1 aliphatic rings. The number of hydrogen-bond acceptors (Lipinski definition) is 4. The number of rotatable bonds is 3. The van der Waals surface area contributed by atoms with Gasteiger partial charge in [0.25, 0.3) is 5.91 Å². The van der Waals surface area contributed by atoms with E-state index in [1.54, 1.807) is 13.2 Å². The monoisotopic (exact) mass is 345 g/mol. The quantitative estimate of drug-likeness (QED) is 0.854. The fraction of sp³-hybridized carbons (Fsp3) is 0.389. The van der Waals surface area contributed by atoms with Crippen LogP contribution in [0.4, 0.5) is 0 Å². The summed E-state index contributed by atoms with van der Waals surface area (Å²) < 4.78 is 5.28. The lowest BCUT2D eigenvalue weighted by molar-refractivity contribution is 0.0706. The molecule has 1 atom stereocenters. The maximum absolute atomic E-state index is 12.7. The first-order valence-electron chi connectivity index (χ1n) is 8.00. The third-order valence-electron chi connectivity index (χ3n) is 4.50. The van der Waals surface area contributed by atoms with Crippen molar-refractivity contribution in [1.29, 1.82) is 0 Å². The van der Waals surface area contributed by atoms with E-state index in [1.807, 2.05) is 17.0 Å². The molecule has 0 radical (unpaired) electrons. The van der Waals surface area contributed by atoms with E-state index < -0.39 is 0 Å². The topological polar surface area (TPSA) is 55.3 Å². The number of aromatic nitrogens is 2. The number of aryl methyl sites for hydroxylation is 1. The molecule has 5 nitrogen and oxygen atoms in total. The molecule has 0 spiro atoms. The van der Waals surface area contributed by atoms with Crippen LogP contribution in [0.5, 0.6) is 5.75 Å². The Morgan fingerprint density at radius 2 is 2.21 bits per heavy atom. The van der Waals surface area contributed by atoms with Gasteiger partial charge in [-0.15, -0.1) is 5.10 Å². The highest BCUT2D eigenvalue weighted by Crippen LogP contribution is 2.31. The molecule has 1 unspecified atom stereocenters. The number of hydrogen-bond donors (Lipinski definition) is 0. The van der Waals surface area contributed by atoms with E-state index in [1.165, 1.54) is 17.3 Å². The number of methoxy groups -OCH3 is 1. The lowest BCUT2D eigenvalue weighted by Gasteiger charge is -2.33. The minimum atomic E-state index is -0.0392. The minimum Gasteiger partial charge on any atom is -0.497 e. The lowest BCUT2D eigenvalue weighted by atomic mass is 9.87. The number of nitrogens with zero attached hydrogens (tertiary/aromatic N) is 3. The average molecular weight is 346 g/mol. The van der Waals surface area contributed by atoms with Crippen molar-refractivity contribution in [2.75, 3.05) is 20.2 Å². The Balaban J connectivity index is 1.78. The van der Waals surface area contributed by atoms with Gasteiger partial charge in [-0.3, -0.25) is 4.79 Å². The van der Waals surface area contributed by atoms with Gasteiger partial charge in [-0.05, 0) is 49.1 Å². The van der Waals surface area contributed by atoms with Crippen molar-refractivity contribution in [3.05, 3.63) is 52.3 Å². The summed E-state index contributed by atoms with van der Waals surface area (Å²) in [4.78, 5) is 14.6. The molecule has 1 saturated heterocycles. The SMILES string of the molecule is COc1ccc(C2CCCN(C(=O)c3cnnc(Cl)c3)C2)c(C)c1. The Kier molecular flexibility index (Phi) is 5.00. The largest absolute Gasteiger partial charge is 0.497 e. The van der Waals surface area contributed by atoms with Crippen molar-refractivity contribution >= 4 is 17.5 Å². The van der Waals surface area contributed by atoms with Crippen molar-refractivity contribution in [3.8, 4) is 5.75 Å². The van der Waals surface area contributed by atoms with Crippen LogP contribution in [-0.4, -0.2) is 41.2 Å². The summed E-state index contributed by atoms with van der Waals surface area (Å²) in [5.41, 5.74) is 2.96. The van der Waals surface area contributed by atoms with E-state index in [0.717, 1.165) is 25.1 Å². The highest BCUT2D eigenvalue weighted by molar-refractivity contribution is 6.29. The molecular weight excluding hydrogens is 326 g/mol. The van der Waals surface area contributed by atoms with Crippen molar-refractivity contribution in [2.24, 2.45) is 0 Å². The molecule has 1 fully saturated rings. The zero-order valence-corrected chi connectivity index (χ0v) is 14.6. The summed E-state index contributed by atoms with van der Waals surface area (Å²) in [6.07, 6.45) is 3.52. The summed E-state index contributed by atoms with van der Waals surface area (Å²) in [5, 5.41) is 7.69. The van der Waals surface area contributed by atoms with E-state index >= 15 is 0 Å². The second-order valence-electron chi connectivity index (χ2n) is 6.08. The van der Waals surface area contributed by atoms with Crippen molar-refractivity contribution in [1.82, 2.24) is 15.1 Å². The van der Waals surface area contributed by atoms with Gasteiger partial charge < -0.3 is 9.64 Å². The van der Waals surface area contributed by atoms with Gasteiger partial charge in [-0.1, -0.05) is 17.7 Å². The van der Waals surface area contributed by atoms with Crippen LogP contribution in [0, 0.1) is 6.92 Å². The molecule has 24 heavy (non-hydrogen) atoms. The van der Waals surface area contributed by atoms with Crippen molar-refractivity contribution in [3.63, 3.8) is 0 Å². The number of likely N-dealkylation sites (tertiary alicyclic amines) is 1. The van der Waals surface area contributed by atoms with Gasteiger partial charge in [0.15, 0.2) is 5.15 Å². The van der Waals surface area contributed by atoms with Gasteiger partial charge in [0.1, 0.15) is 5.75 Å². The molecule has 6 heteroatoms. The number of carbonyl (C=O) groups is 1. The van der Waals surface area contributed by atoms with E-state index in [9.17, 15) is 4.79 Å². The molecule has 0 N–H and O–H groups in total. The van der Waals surface area contributed by atoms with Crippen LogP contribution < -0.4 is 4.74 Å². The Labute approximate surface area is 146 Å². The van der Waals surface area contributed by atoms with E-state index in [2.05, 4.69) is 23.2 Å². The molecule has 1 aliphatic heterocycles. The molecule has 126 valence electrons.